The van der Waals surface area contributed by atoms with Crippen LogP contribution in [0.1, 0.15) is 36.7 Å². The van der Waals surface area contributed by atoms with E-state index in [4.69, 9.17) is 10.5 Å². The number of pyridine rings is 1. The van der Waals surface area contributed by atoms with Crippen LogP contribution >= 0.6 is 0 Å². The van der Waals surface area contributed by atoms with Crippen LogP contribution in [0.2, 0.25) is 0 Å². The summed E-state index contributed by atoms with van der Waals surface area (Å²) >= 11 is 0. The number of anilines is 1. The number of rotatable bonds is 5. The molecular weight excluding hydrogens is 264 g/mol. The van der Waals surface area contributed by atoms with Crippen LogP contribution in [0.4, 0.5) is 5.69 Å². The van der Waals surface area contributed by atoms with Crippen molar-refractivity contribution in [2.45, 2.75) is 40.0 Å². The number of nitrogens with two attached hydrogens (primary N) is 1. The van der Waals surface area contributed by atoms with Crippen molar-refractivity contribution in [1.29, 1.82) is 0 Å². The van der Waals surface area contributed by atoms with Gasteiger partial charge in [0.15, 0.2) is 5.82 Å². The van der Waals surface area contributed by atoms with E-state index >= 15 is 0 Å². The number of aryl methyl sites for hydroxylation is 1. The van der Waals surface area contributed by atoms with Crippen LogP contribution < -0.4 is 10.5 Å². The first kappa shape index (κ1) is 13.9. The maximum absolute atomic E-state index is 5.96. The highest BCUT2D eigenvalue weighted by molar-refractivity contribution is 5.51. The van der Waals surface area contributed by atoms with E-state index in [0.29, 0.717) is 24.1 Å². The Morgan fingerprint density at radius 3 is 2.71 bits per heavy atom. The predicted octanol–water partition coefficient (Wildman–Crippen LogP) is 2.82. The second kappa shape index (κ2) is 5.39. The van der Waals surface area contributed by atoms with Crippen LogP contribution in [0.5, 0.6) is 5.88 Å². The third-order valence-corrected chi connectivity index (χ3v) is 4.04. The van der Waals surface area contributed by atoms with E-state index in [-0.39, 0.29) is 0 Å². The Kier molecular flexibility index (Phi) is 3.57. The zero-order valence-corrected chi connectivity index (χ0v) is 12.9. The minimum Gasteiger partial charge on any atom is -0.476 e. The van der Waals surface area contributed by atoms with Crippen LogP contribution in [0, 0.1) is 19.8 Å². The number of nitrogen functional groups attached to an aromatic ring is 1. The molecule has 0 radical (unpaired) electrons. The quantitative estimate of drug-likeness (QED) is 0.918. The molecule has 5 heteroatoms. The van der Waals surface area contributed by atoms with E-state index in [1.807, 2.05) is 23.7 Å². The fourth-order valence-electron chi connectivity index (χ4n) is 2.57. The van der Waals surface area contributed by atoms with Crippen molar-refractivity contribution < 1.29 is 4.74 Å². The largest absolute Gasteiger partial charge is 0.476 e. The molecule has 2 heterocycles. The van der Waals surface area contributed by atoms with Crippen molar-refractivity contribution >= 4 is 5.69 Å². The highest BCUT2D eigenvalue weighted by Gasteiger charge is 2.23. The van der Waals surface area contributed by atoms with Gasteiger partial charge in [-0.25, -0.2) is 4.68 Å². The summed E-state index contributed by atoms with van der Waals surface area (Å²) in [5.41, 5.74) is 9.98. The molecule has 0 aliphatic heterocycles. The summed E-state index contributed by atoms with van der Waals surface area (Å²) in [7, 11) is 0. The number of aromatic nitrogens is 3. The Morgan fingerprint density at radius 1 is 1.33 bits per heavy atom. The van der Waals surface area contributed by atoms with Gasteiger partial charge in [-0.15, -0.1) is 0 Å². The van der Waals surface area contributed by atoms with Gasteiger partial charge in [-0.3, -0.25) is 0 Å². The first-order valence-corrected chi connectivity index (χ1v) is 7.55. The normalized spacial score (nSPS) is 14.4. The molecule has 0 atom stereocenters. The summed E-state index contributed by atoms with van der Waals surface area (Å²) in [6.07, 6.45) is 3.46. The Morgan fingerprint density at radius 2 is 2.10 bits per heavy atom. The van der Waals surface area contributed by atoms with Gasteiger partial charge in [0.05, 0.1) is 18.0 Å². The molecule has 0 bridgehead atoms. The van der Waals surface area contributed by atoms with Crippen LogP contribution in [0.25, 0.3) is 5.82 Å². The molecule has 112 valence electrons. The third-order valence-electron chi connectivity index (χ3n) is 4.04. The van der Waals surface area contributed by atoms with Gasteiger partial charge in [0.25, 0.3) is 0 Å². The van der Waals surface area contributed by atoms with Crippen LogP contribution in [0.15, 0.2) is 12.1 Å². The molecule has 3 rings (SSSR count). The summed E-state index contributed by atoms with van der Waals surface area (Å²) in [6.45, 7) is 6.95. The molecule has 2 aromatic rings. The number of nitrogens with zero attached hydrogens (tertiary/aromatic N) is 3. The maximum atomic E-state index is 5.96. The van der Waals surface area contributed by atoms with Gasteiger partial charge in [0, 0.05) is 5.69 Å². The topological polar surface area (TPSA) is 66.0 Å². The van der Waals surface area contributed by atoms with E-state index in [1.54, 1.807) is 0 Å². The molecule has 0 amide bonds. The molecule has 1 aliphatic rings. The summed E-state index contributed by atoms with van der Waals surface area (Å²) in [5.74, 6) is 1.95. The van der Waals surface area contributed by atoms with Gasteiger partial charge in [0.2, 0.25) is 5.88 Å². The predicted molar refractivity (Wildman–Crippen MR) is 82.8 cm³/mol. The van der Waals surface area contributed by atoms with Gasteiger partial charge in [-0.05, 0) is 56.7 Å². The summed E-state index contributed by atoms with van der Waals surface area (Å²) in [5, 5.41) is 4.59. The zero-order valence-electron chi connectivity index (χ0n) is 12.9. The second-order valence-corrected chi connectivity index (χ2v) is 5.73. The molecule has 0 spiro atoms. The standard InChI is InChI=1S/C16H22N4O/c1-4-13-10(2)19-20(11(13)3)15-8-7-14(17)16(18-15)21-9-12-5-6-12/h7-8,12H,4-6,9,17H2,1-3H3. The van der Waals surface area contributed by atoms with Crippen LogP contribution in [-0.2, 0) is 6.42 Å². The summed E-state index contributed by atoms with van der Waals surface area (Å²) in [4.78, 5) is 4.55. The first-order valence-electron chi connectivity index (χ1n) is 7.55. The number of ether oxygens (including phenoxy) is 1. The molecule has 0 saturated heterocycles. The molecule has 2 N–H and O–H groups in total. The van der Waals surface area contributed by atoms with Crippen molar-refractivity contribution in [3.05, 3.63) is 29.1 Å². The fourth-order valence-corrected chi connectivity index (χ4v) is 2.57. The van der Waals surface area contributed by atoms with E-state index in [2.05, 4.69) is 23.9 Å². The zero-order chi connectivity index (χ0) is 15.0. The van der Waals surface area contributed by atoms with E-state index < -0.39 is 0 Å². The Hall–Kier alpha value is -2.04. The molecule has 1 saturated carbocycles. The monoisotopic (exact) mass is 286 g/mol. The Balaban J connectivity index is 1.92. The summed E-state index contributed by atoms with van der Waals surface area (Å²) < 4.78 is 7.62. The average molecular weight is 286 g/mol. The Bertz CT molecular complexity index is 659. The highest BCUT2D eigenvalue weighted by Crippen LogP contribution is 2.30. The van der Waals surface area contributed by atoms with Gasteiger partial charge < -0.3 is 10.5 Å². The van der Waals surface area contributed by atoms with Crippen molar-refractivity contribution in [3.63, 3.8) is 0 Å². The highest BCUT2D eigenvalue weighted by atomic mass is 16.5. The van der Waals surface area contributed by atoms with Gasteiger partial charge in [-0.2, -0.15) is 10.1 Å². The molecule has 1 fully saturated rings. The molecular formula is C16H22N4O. The lowest BCUT2D eigenvalue weighted by molar-refractivity contribution is 0.290. The van der Waals surface area contributed by atoms with Gasteiger partial charge >= 0.3 is 0 Å². The van der Waals surface area contributed by atoms with Crippen molar-refractivity contribution in [2.24, 2.45) is 5.92 Å². The van der Waals surface area contributed by atoms with E-state index in [0.717, 1.165) is 23.6 Å². The minimum atomic E-state index is 0.519. The molecule has 0 unspecified atom stereocenters. The molecule has 21 heavy (non-hydrogen) atoms. The number of hydrogen-bond donors (Lipinski definition) is 1. The molecule has 0 aromatic carbocycles. The van der Waals surface area contributed by atoms with Crippen molar-refractivity contribution in [3.8, 4) is 11.7 Å². The third kappa shape index (κ3) is 2.73. The number of hydrogen-bond acceptors (Lipinski definition) is 4. The van der Waals surface area contributed by atoms with Gasteiger partial charge in [-0.1, -0.05) is 6.92 Å². The smallest absolute Gasteiger partial charge is 0.239 e. The maximum Gasteiger partial charge on any atom is 0.239 e. The molecule has 2 aromatic heterocycles. The van der Waals surface area contributed by atoms with Crippen LogP contribution in [-0.4, -0.2) is 21.4 Å². The second-order valence-electron chi connectivity index (χ2n) is 5.73. The lowest BCUT2D eigenvalue weighted by Crippen LogP contribution is -2.08. The van der Waals surface area contributed by atoms with E-state index in [9.17, 15) is 0 Å². The van der Waals surface area contributed by atoms with Gasteiger partial charge in [0.1, 0.15) is 0 Å². The van der Waals surface area contributed by atoms with Crippen LogP contribution in [0.3, 0.4) is 0 Å². The molecule has 1 aliphatic carbocycles. The SMILES string of the molecule is CCc1c(C)nn(-c2ccc(N)c(OCC3CC3)n2)c1C. The summed E-state index contributed by atoms with van der Waals surface area (Å²) in [6, 6.07) is 3.73. The average Bonchev–Trinajstić information content (AvgIpc) is 3.24. The van der Waals surface area contributed by atoms with Crippen molar-refractivity contribution in [2.75, 3.05) is 12.3 Å². The fraction of sp³-hybridized carbons (Fsp3) is 0.500. The first-order chi connectivity index (χ1) is 10.1. The lowest BCUT2D eigenvalue weighted by atomic mass is 10.1. The lowest BCUT2D eigenvalue weighted by Gasteiger charge is -2.10. The van der Waals surface area contributed by atoms with E-state index in [1.165, 1.54) is 18.4 Å². The minimum absolute atomic E-state index is 0.519. The van der Waals surface area contributed by atoms with Crippen molar-refractivity contribution in [1.82, 2.24) is 14.8 Å². The molecule has 5 nitrogen and oxygen atoms in total. The Labute approximate surface area is 125 Å².